The van der Waals surface area contributed by atoms with Gasteiger partial charge in [0.25, 0.3) is 0 Å². The molecule has 0 spiro atoms. The van der Waals surface area contributed by atoms with Crippen molar-refractivity contribution in [3.8, 4) is 6.07 Å². The lowest BCUT2D eigenvalue weighted by molar-refractivity contribution is 0.00305. The van der Waals surface area contributed by atoms with E-state index in [2.05, 4.69) is 16.7 Å². The van der Waals surface area contributed by atoms with Crippen LogP contribution in [0.25, 0.3) is 0 Å². The van der Waals surface area contributed by atoms with Crippen LogP contribution in [0, 0.1) is 16.7 Å². The molecule has 3 N–H and O–H groups in total. The fourth-order valence-electron chi connectivity index (χ4n) is 3.05. The number of nitrogens with one attached hydrogen (secondary N) is 2. The molecule has 3 atom stereocenters. The Morgan fingerprint density at radius 2 is 2.13 bits per heavy atom. The molecule has 5 nitrogen and oxygen atoms in total. The SMILES string of the molecule is C[C@H](NC(=O)NC[C@@]1(C)CCCC[C@@H]1O)c1ccc(C#N)cc1. The molecule has 1 aliphatic carbocycles. The zero-order valence-electron chi connectivity index (χ0n) is 13.8. The minimum Gasteiger partial charge on any atom is -0.392 e. The van der Waals surface area contributed by atoms with Gasteiger partial charge in [0, 0.05) is 12.0 Å². The van der Waals surface area contributed by atoms with E-state index in [-0.39, 0.29) is 23.6 Å². The molecule has 124 valence electrons. The summed E-state index contributed by atoms with van der Waals surface area (Å²) in [7, 11) is 0. The van der Waals surface area contributed by atoms with E-state index in [4.69, 9.17) is 5.26 Å². The Hall–Kier alpha value is -2.06. The first kappa shape index (κ1) is 17.3. The monoisotopic (exact) mass is 315 g/mol. The third-order valence-electron chi connectivity index (χ3n) is 4.82. The van der Waals surface area contributed by atoms with Crippen molar-refractivity contribution in [1.29, 1.82) is 5.26 Å². The second-order valence-corrected chi connectivity index (χ2v) is 6.70. The van der Waals surface area contributed by atoms with E-state index in [0.717, 1.165) is 31.2 Å². The summed E-state index contributed by atoms with van der Waals surface area (Å²) in [5.74, 6) is 0. The molecule has 0 aromatic heterocycles. The fourth-order valence-corrected chi connectivity index (χ4v) is 3.05. The summed E-state index contributed by atoms with van der Waals surface area (Å²) in [5, 5.41) is 24.7. The summed E-state index contributed by atoms with van der Waals surface area (Å²) < 4.78 is 0. The standard InChI is InChI=1S/C18H25N3O2/c1-13(15-8-6-14(11-19)7-9-15)21-17(23)20-12-18(2)10-4-3-5-16(18)22/h6-9,13,16,22H,3-5,10,12H2,1-2H3,(H2,20,21,23)/t13-,16-,18+/m0/s1. The number of nitriles is 1. The van der Waals surface area contributed by atoms with Crippen molar-refractivity contribution in [1.82, 2.24) is 10.6 Å². The van der Waals surface area contributed by atoms with Gasteiger partial charge in [-0.25, -0.2) is 4.79 Å². The normalized spacial score (nSPS) is 25.2. The number of benzene rings is 1. The van der Waals surface area contributed by atoms with Gasteiger partial charge in [0.05, 0.1) is 23.8 Å². The average molecular weight is 315 g/mol. The van der Waals surface area contributed by atoms with Gasteiger partial charge in [-0.1, -0.05) is 31.9 Å². The Bertz CT molecular complexity index is 579. The average Bonchev–Trinajstić information content (AvgIpc) is 2.56. The Morgan fingerprint density at radius 1 is 1.43 bits per heavy atom. The van der Waals surface area contributed by atoms with Crippen LogP contribution < -0.4 is 10.6 Å². The van der Waals surface area contributed by atoms with Gasteiger partial charge in [-0.3, -0.25) is 0 Å². The number of hydrogen-bond donors (Lipinski definition) is 3. The lowest BCUT2D eigenvalue weighted by Crippen LogP contribution is -2.48. The van der Waals surface area contributed by atoms with E-state index < -0.39 is 0 Å². The third kappa shape index (κ3) is 4.46. The Labute approximate surface area is 137 Å². The minimum absolute atomic E-state index is 0.146. The van der Waals surface area contributed by atoms with Gasteiger partial charge >= 0.3 is 6.03 Å². The largest absolute Gasteiger partial charge is 0.392 e. The maximum absolute atomic E-state index is 12.1. The summed E-state index contributed by atoms with van der Waals surface area (Å²) in [6.45, 7) is 4.40. The number of carbonyl (C=O) groups is 1. The summed E-state index contributed by atoms with van der Waals surface area (Å²) in [4.78, 5) is 12.1. The van der Waals surface area contributed by atoms with Crippen molar-refractivity contribution in [3.63, 3.8) is 0 Å². The third-order valence-corrected chi connectivity index (χ3v) is 4.82. The second kappa shape index (κ2) is 7.47. The molecular weight excluding hydrogens is 290 g/mol. The van der Waals surface area contributed by atoms with Crippen LogP contribution in [0.5, 0.6) is 0 Å². The van der Waals surface area contributed by atoms with Crippen molar-refractivity contribution in [3.05, 3.63) is 35.4 Å². The van der Waals surface area contributed by atoms with Crippen LogP contribution >= 0.6 is 0 Å². The topological polar surface area (TPSA) is 85.2 Å². The number of urea groups is 1. The van der Waals surface area contributed by atoms with Gasteiger partial charge in [0.1, 0.15) is 0 Å². The lowest BCUT2D eigenvalue weighted by Gasteiger charge is -2.38. The maximum Gasteiger partial charge on any atom is 0.315 e. The first-order valence-corrected chi connectivity index (χ1v) is 8.17. The van der Waals surface area contributed by atoms with Gasteiger partial charge in [-0.15, -0.1) is 0 Å². The molecule has 5 heteroatoms. The van der Waals surface area contributed by atoms with Gasteiger partial charge < -0.3 is 15.7 Å². The van der Waals surface area contributed by atoms with Crippen molar-refractivity contribution in [2.45, 2.75) is 51.7 Å². The van der Waals surface area contributed by atoms with E-state index >= 15 is 0 Å². The molecule has 0 bridgehead atoms. The van der Waals surface area contributed by atoms with Gasteiger partial charge in [-0.05, 0) is 37.5 Å². The number of hydrogen-bond acceptors (Lipinski definition) is 3. The highest BCUT2D eigenvalue weighted by molar-refractivity contribution is 5.74. The van der Waals surface area contributed by atoms with E-state index in [9.17, 15) is 9.90 Å². The van der Waals surface area contributed by atoms with Gasteiger partial charge in [-0.2, -0.15) is 5.26 Å². The smallest absolute Gasteiger partial charge is 0.315 e. The fraction of sp³-hybridized carbons (Fsp3) is 0.556. The summed E-state index contributed by atoms with van der Waals surface area (Å²) in [6, 6.07) is 8.86. The van der Waals surface area contributed by atoms with E-state index in [1.807, 2.05) is 26.0 Å². The second-order valence-electron chi connectivity index (χ2n) is 6.70. The number of nitrogens with zero attached hydrogens (tertiary/aromatic N) is 1. The highest BCUT2D eigenvalue weighted by Crippen LogP contribution is 2.35. The van der Waals surface area contributed by atoms with Crippen LogP contribution in [0.4, 0.5) is 4.79 Å². The van der Waals surface area contributed by atoms with E-state index in [0.29, 0.717) is 12.1 Å². The van der Waals surface area contributed by atoms with Crippen LogP contribution in [0.1, 0.15) is 56.7 Å². The zero-order valence-corrected chi connectivity index (χ0v) is 13.8. The predicted molar refractivity (Wildman–Crippen MR) is 88.7 cm³/mol. The molecule has 1 aliphatic rings. The van der Waals surface area contributed by atoms with Crippen LogP contribution in [-0.2, 0) is 0 Å². The molecule has 0 radical (unpaired) electrons. The molecule has 23 heavy (non-hydrogen) atoms. The van der Waals surface area contributed by atoms with Gasteiger partial charge in [0.2, 0.25) is 0 Å². The molecule has 0 aliphatic heterocycles. The van der Waals surface area contributed by atoms with Gasteiger partial charge in [0.15, 0.2) is 0 Å². The lowest BCUT2D eigenvalue weighted by atomic mass is 9.73. The van der Waals surface area contributed by atoms with E-state index in [1.165, 1.54) is 0 Å². The predicted octanol–water partition coefficient (Wildman–Crippen LogP) is 2.86. The van der Waals surface area contributed by atoms with Crippen LogP contribution in [-0.4, -0.2) is 23.8 Å². The molecule has 0 unspecified atom stereocenters. The number of aliphatic hydroxyl groups excluding tert-OH is 1. The molecule has 2 rings (SSSR count). The molecule has 1 fully saturated rings. The quantitative estimate of drug-likeness (QED) is 0.798. The molecule has 1 aromatic rings. The maximum atomic E-state index is 12.1. The first-order chi connectivity index (χ1) is 10.9. The number of carbonyl (C=O) groups excluding carboxylic acids is 1. The number of amides is 2. The highest BCUT2D eigenvalue weighted by atomic mass is 16.3. The minimum atomic E-state index is -0.354. The number of rotatable bonds is 4. The Kier molecular flexibility index (Phi) is 5.62. The molecule has 2 amide bonds. The Morgan fingerprint density at radius 3 is 2.74 bits per heavy atom. The van der Waals surface area contributed by atoms with Crippen LogP contribution in [0.3, 0.4) is 0 Å². The molecule has 0 heterocycles. The molecule has 1 aromatic carbocycles. The first-order valence-electron chi connectivity index (χ1n) is 8.17. The summed E-state index contributed by atoms with van der Waals surface area (Å²) in [6.07, 6.45) is 3.53. The van der Waals surface area contributed by atoms with Crippen molar-refractivity contribution >= 4 is 6.03 Å². The molecule has 0 saturated heterocycles. The molecular formula is C18H25N3O2. The summed E-state index contributed by atoms with van der Waals surface area (Å²) in [5.41, 5.74) is 1.31. The highest BCUT2D eigenvalue weighted by Gasteiger charge is 2.35. The van der Waals surface area contributed by atoms with Crippen LogP contribution in [0.15, 0.2) is 24.3 Å². The zero-order chi connectivity index (χ0) is 16.9. The molecule has 1 saturated carbocycles. The van der Waals surface area contributed by atoms with Crippen molar-refractivity contribution in [2.24, 2.45) is 5.41 Å². The van der Waals surface area contributed by atoms with Crippen molar-refractivity contribution in [2.75, 3.05) is 6.54 Å². The Balaban J connectivity index is 1.85. The summed E-state index contributed by atoms with van der Waals surface area (Å²) >= 11 is 0. The van der Waals surface area contributed by atoms with E-state index in [1.54, 1.807) is 12.1 Å². The van der Waals surface area contributed by atoms with Crippen LogP contribution in [0.2, 0.25) is 0 Å². The number of aliphatic hydroxyl groups is 1. The van der Waals surface area contributed by atoms with Crippen molar-refractivity contribution < 1.29 is 9.90 Å².